The molecule has 0 aliphatic carbocycles. The molecule has 2 unspecified atom stereocenters. The standard InChI is InChI=1S/C15H16N2O5/c18-9-14-15(11-3-5-12(6-4-11)17(19)20)22-10-16(14)8-13-2-1-7-21-13/h1-7,14-15,18H,8-10H2. The van der Waals surface area contributed by atoms with Crippen molar-refractivity contribution >= 4 is 5.69 Å². The molecule has 1 aliphatic rings. The molecule has 1 aromatic carbocycles. The van der Waals surface area contributed by atoms with Gasteiger partial charge in [0.15, 0.2) is 0 Å². The van der Waals surface area contributed by atoms with Crippen molar-refractivity contribution in [2.45, 2.75) is 18.7 Å². The Morgan fingerprint density at radius 1 is 1.32 bits per heavy atom. The molecule has 0 spiro atoms. The van der Waals surface area contributed by atoms with Crippen LogP contribution in [0.15, 0.2) is 47.1 Å². The number of hydrogen-bond acceptors (Lipinski definition) is 6. The number of furan rings is 1. The quantitative estimate of drug-likeness (QED) is 0.672. The number of aliphatic hydroxyl groups excluding tert-OH is 1. The lowest BCUT2D eigenvalue weighted by molar-refractivity contribution is -0.384. The van der Waals surface area contributed by atoms with Crippen LogP contribution >= 0.6 is 0 Å². The maximum Gasteiger partial charge on any atom is 0.269 e. The van der Waals surface area contributed by atoms with Gasteiger partial charge in [0.2, 0.25) is 0 Å². The van der Waals surface area contributed by atoms with Gasteiger partial charge in [0.25, 0.3) is 5.69 Å². The van der Waals surface area contributed by atoms with Crippen molar-refractivity contribution in [1.82, 2.24) is 4.90 Å². The van der Waals surface area contributed by atoms with Crippen LogP contribution in [0.25, 0.3) is 0 Å². The zero-order valence-electron chi connectivity index (χ0n) is 11.8. The molecule has 22 heavy (non-hydrogen) atoms. The normalized spacial score (nSPS) is 22.0. The monoisotopic (exact) mass is 304 g/mol. The third-order valence-corrected chi connectivity index (χ3v) is 3.80. The lowest BCUT2D eigenvalue weighted by Gasteiger charge is -2.23. The van der Waals surface area contributed by atoms with Crippen LogP contribution in [0.2, 0.25) is 0 Å². The van der Waals surface area contributed by atoms with E-state index < -0.39 is 4.92 Å². The number of nitro benzene ring substituents is 1. The second-order valence-electron chi connectivity index (χ2n) is 5.14. The summed E-state index contributed by atoms with van der Waals surface area (Å²) in [6.07, 6.45) is 1.29. The van der Waals surface area contributed by atoms with E-state index in [2.05, 4.69) is 0 Å². The van der Waals surface area contributed by atoms with Crippen LogP contribution in [-0.4, -0.2) is 34.3 Å². The predicted molar refractivity (Wildman–Crippen MR) is 76.9 cm³/mol. The van der Waals surface area contributed by atoms with E-state index in [1.54, 1.807) is 18.4 Å². The Morgan fingerprint density at radius 3 is 2.68 bits per heavy atom. The van der Waals surface area contributed by atoms with Gasteiger partial charge in [-0.3, -0.25) is 15.0 Å². The molecule has 1 aliphatic heterocycles. The van der Waals surface area contributed by atoms with Gasteiger partial charge in [0, 0.05) is 12.1 Å². The molecule has 3 rings (SSSR count). The van der Waals surface area contributed by atoms with E-state index in [9.17, 15) is 15.2 Å². The first-order valence-electron chi connectivity index (χ1n) is 6.92. The van der Waals surface area contributed by atoms with Crippen molar-refractivity contribution in [3.63, 3.8) is 0 Å². The van der Waals surface area contributed by atoms with E-state index in [-0.39, 0.29) is 24.4 Å². The lowest BCUT2D eigenvalue weighted by atomic mass is 10.0. The summed E-state index contributed by atoms with van der Waals surface area (Å²) in [4.78, 5) is 12.2. The zero-order chi connectivity index (χ0) is 15.5. The minimum atomic E-state index is -0.438. The summed E-state index contributed by atoms with van der Waals surface area (Å²) in [5.41, 5.74) is 0.848. The summed E-state index contributed by atoms with van der Waals surface area (Å²) in [6, 6.07) is 9.70. The second kappa shape index (κ2) is 6.27. The molecule has 7 heteroatoms. The molecule has 1 fully saturated rings. The van der Waals surface area contributed by atoms with E-state index in [1.807, 2.05) is 17.0 Å². The summed E-state index contributed by atoms with van der Waals surface area (Å²) in [5.74, 6) is 0.798. The highest BCUT2D eigenvalue weighted by molar-refractivity contribution is 5.34. The Bertz CT molecular complexity index is 626. The summed E-state index contributed by atoms with van der Waals surface area (Å²) in [7, 11) is 0. The van der Waals surface area contributed by atoms with E-state index >= 15 is 0 Å². The van der Waals surface area contributed by atoms with E-state index in [0.717, 1.165) is 11.3 Å². The van der Waals surface area contributed by atoms with E-state index in [0.29, 0.717) is 13.3 Å². The largest absolute Gasteiger partial charge is 0.468 e. The van der Waals surface area contributed by atoms with Crippen LogP contribution in [0.5, 0.6) is 0 Å². The minimum absolute atomic E-state index is 0.0368. The fourth-order valence-electron chi connectivity index (χ4n) is 2.66. The molecule has 116 valence electrons. The molecule has 1 saturated heterocycles. The van der Waals surface area contributed by atoms with Gasteiger partial charge in [0.05, 0.1) is 30.4 Å². The van der Waals surface area contributed by atoms with Gasteiger partial charge < -0.3 is 14.3 Å². The minimum Gasteiger partial charge on any atom is -0.468 e. The Kier molecular flexibility index (Phi) is 4.19. The van der Waals surface area contributed by atoms with Gasteiger partial charge in [-0.15, -0.1) is 0 Å². The molecule has 2 atom stereocenters. The SMILES string of the molecule is O=[N+]([O-])c1ccc(C2OCN(Cc3ccco3)C2CO)cc1. The average Bonchev–Trinajstić information content (AvgIpc) is 3.17. The fraction of sp³-hybridized carbons (Fsp3) is 0.333. The van der Waals surface area contributed by atoms with Gasteiger partial charge in [-0.25, -0.2) is 0 Å². The zero-order valence-corrected chi connectivity index (χ0v) is 11.8. The first-order valence-corrected chi connectivity index (χ1v) is 6.92. The van der Waals surface area contributed by atoms with Gasteiger partial charge >= 0.3 is 0 Å². The van der Waals surface area contributed by atoms with E-state index in [1.165, 1.54) is 12.1 Å². The topological polar surface area (TPSA) is 89.0 Å². The van der Waals surface area contributed by atoms with Crippen LogP contribution in [0.4, 0.5) is 5.69 Å². The third-order valence-electron chi connectivity index (χ3n) is 3.80. The molecule has 1 aromatic heterocycles. The van der Waals surface area contributed by atoms with Crippen molar-refractivity contribution in [1.29, 1.82) is 0 Å². The summed E-state index contributed by atoms with van der Waals surface area (Å²) >= 11 is 0. The number of rotatable bonds is 5. The number of nitrogens with zero attached hydrogens (tertiary/aromatic N) is 2. The lowest BCUT2D eigenvalue weighted by Crippen LogP contribution is -2.34. The average molecular weight is 304 g/mol. The Labute approximate surface area is 126 Å². The Balaban J connectivity index is 1.75. The van der Waals surface area contributed by atoms with Crippen LogP contribution in [-0.2, 0) is 11.3 Å². The van der Waals surface area contributed by atoms with Gasteiger partial charge in [-0.05, 0) is 29.8 Å². The van der Waals surface area contributed by atoms with Crippen molar-refractivity contribution < 1.29 is 19.2 Å². The molecule has 0 saturated carbocycles. The molecule has 1 N–H and O–H groups in total. The Hall–Kier alpha value is -2.22. The van der Waals surface area contributed by atoms with Crippen LogP contribution in [0, 0.1) is 10.1 Å². The fourth-order valence-corrected chi connectivity index (χ4v) is 2.66. The van der Waals surface area contributed by atoms with Crippen LogP contribution in [0.3, 0.4) is 0 Å². The van der Waals surface area contributed by atoms with Crippen molar-refractivity contribution in [2.75, 3.05) is 13.3 Å². The summed E-state index contributed by atoms with van der Waals surface area (Å²) in [6.45, 7) is 0.845. The number of benzene rings is 1. The smallest absolute Gasteiger partial charge is 0.269 e. The van der Waals surface area contributed by atoms with Crippen LogP contribution < -0.4 is 0 Å². The van der Waals surface area contributed by atoms with Gasteiger partial charge in [0.1, 0.15) is 18.6 Å². The molecule has 2 aromatic rings. The number of nitro groups is 1. The van der Waals surface area contributed by atoms with E-state index in [4.69, 9.17) is 9.15 Å². The summed E-state index contributed by atoms with van der Waals surface area (Å²) in [5, 5.41) is 20.4. The van der Waals surface area contributed by atoms with Gasteiger partial charge in [-0.1, -0.05) is 0 Å². The second-order valence-corrected chi connectivity index (χ2v) is 5.14. The van der Waals surface area contributed by atoms with Crippen molar-refractivity contribution in [3.8, 4) is 0 Å². The van der Waals surface area contributed by atoms with Crippen molar-refractivity contribution in [2.24, 2.45) is 0 Å². The van der Waals surface area contributed by atoms with Crippen molar-refractivity contribution in [3.05, 3.63) is 64.1 Å². The highest BCUT2D eigenvalue weighted by Gasteiger charge is 2.36. The number of non-ortho nitro benzene ring substituents is 1. The molecular formula is C15H16N2O5. The molecule has 0 amide bonds. The van der Waals surface area contributed by atoms with Crippen LogP contribution in [0.1, 0.15) is 17.4 Å². The van der Waals surface area contributed by atoms with Gasteiger partial charge in [-0.2, -0.15) is 0 Å². The predicted octanol–water partition coefficient (Wildman–Crippen LogP) is 2.08. The molecular weight excluding hydrogens is 288 g/mol. The highest BCUT2D eigenvalue weighted by Crippen LogP contribution is 2.32. The highest BCUT2D eigenvalue weighted by atomic mass is 16.6. The Morgan fingerprint density at radius 2 is 2.09 bits per heavy atom. The number of hydrogen-bond donors (Lipinski definition) is 1. The first-order chi connectivity index (χ1) is 10.7. The molecule has 0 bridgehead atoms. The molecule has 0 radical (unpaired) electrons. The maximum atomic E-state index is 10.7. The number of aliphatic hydroxyl groups is 1. The first kappa shape index (κ1) is 14.7. The number of ether oxygens (including phenoxy) is 1. The molecule has 2 heterocycles. The third kappa shape index (κ3) is 2.87. The maximum absolute atomic E-state index is 10.7. The molecule has 7 nitrogen and oxygen atoms in total. The summed E-state index contributed by atoms with van der Waals surface area (Å²) < 4.78 is 11.1.